The molecule has 7 nitrogen and oxygen atoms in total. The highest BCUT2D eigenvalue weighted by Gasteiger charge is 2.19. The maximum Gasteiger partial charge on any atom is 0.188 e. The molecule has 1 aromatic rings. The van der Waals surface area contributed by atoms with Crippen molar-refractivity contribution in [3.63, 3.8) is 0 Å². The van der Waals surface area contributed by atoms with E-state index in [9.17, 15) is 0 Å². The normalized spacial score (nSPS) is 15.6. The van der Waals surface area contributed by atoms with Gasteiger partial charge in [0.1, 0.15) is 0 Å². The minimum atomic E-state index is 0. The molecule has 0 saturated carbocycles. The van der Waals surface area contributed by atoms with Crippen LogP contribution in [0.3, 0.4) is 0 Å². The smallest absolute Gasteiger partial charge is 0.188 e. The molecule has 1 unspecified atom stereocenters. The maximum atomic E-state index is 5.90. The van der Waals surface area contributed by atoms with Gasteiger partial charge in [0.15, 0.2) is 17.5 Å². The van der Waals surface area contributed by atoms with E-state index in [-0.39, 0.29) is 30.0 Å². The molecule has 0 amide bonds. The Morgan fingerprint density at radius 3 is 2.50 bits per heavy atom. The van der Waals surface area contributed by atoms with Crippen LogP contribution in [0.2, 0.25) is 0 Å². The maximum absolute atomic E-state index is 5.90. The van der Waals surface area contributed by atoms with Gasteiger partial charge < -0.3 is 25.3 Å². The molecule has 2 rings (SSSR count). The number of nitrogens with zero attached hydrogens (tertiary/aromatic N) is 2. The average molecular weight is 478 g/mol. The van der Waals surface area contributed by atoms with Crippen LogP contribution in [0.25, 0.3) is 0 Å². The van der Waals surface area contributed by atoms with Gasteiger partial charge in [-0.25, -0.2) is 0 Å². The third kappa shape index (κ3) is 6.48. The summed E-state index contributed by atoms with van der Waals surface area (Å²) in [5, 5.41) is 3.12. The van der Waals surface area contributed by atoms with Crippen molar-refractivity contribution in [3.8, 4) is 11.5 Å². The van der Waals surface area contributed by atoms with Gasteiger partial charge in [0, 0.05) is 32.8 Å². The second-order valence-corrected chi connectivity index (χ2v) is 6.27. The van der Waals surface area contributed by atoms with E-state index in [1.165, 1.54) is 11.1 Å². The fraction of sp³-hybridized carbons (Fsp3) is 0.611. The second kappa shape index (κ2) is 11.5. The SMILES string of the molecule is COCC(C)NC(N)=NCCN1CCc2cc(OC)c(OC)cc2C1.I. The molecule has 0 fully saturated rings. The first-order chi connectivity index (χ1) is 12.1. The van der Waals surface area contributed by atoms with Gasteiger partial charge in [-0.3, -0.25) is 9.89 Å². The first-order valence-corrected chi connectivity index (χ1v) is 8.58. The topological polar surface area (TPSA) is 81.3 Å². The van der Waals surface area contributed by atoms with Crippen molar-refractivity contribution in [1.29, 1.82) is 0 Å². The predicted octanol–water partition coefficient (Wildman–Crippen LogP) is 1.62. The molecule has 0 bridgehead atoms. The number of ether oxygens (including phenoxy) is 3. The molecule has 1 heterocycles. The zero-order valence-electron chi connectivity index (χ0n) is 16.1. The molecular weight excluding hydrogens is 447 g/mol. The quantitative estimate of drug-likeness (QED) is 0.336. The van der Waals surface area contributed by atoms with Crippen LogP contribution in [0.4, 0.5) is 0 Å². The van der Waals surface area contributed by atoms with Gasteiger partial charge in [0.05, 0.1) is 27.4 Å². The molecule has 1 aliphatic heterocycles. The Bertz CT molecular complexity index is 598. The van der Waals surface area contributed by atoms with E-state index in [4.69, 9.17) is 19.9 Å². The van der Waals surface area contributed by atoms with E-state index in [0.29, 0.717) is 19.1 Å². The van der Waals surface area contributed by atoms with Gasteiger partial charge in [-0.15, -0.1) is 24.0 Å². The van der Waals surface area contributed by atoms with E-state index < -0.39 is 0 Å². The van der Waals surface area contributed by atoms with Crippen molar-refractivity contribution in [2.75, 3.05) is 47.6 Å². The summed E-state index contributed by atoms with van der Waals surface area (Å²) in [6.45, 7) is 6.04. The molecule has 1 aliphatic rings. The summed E-state index contributed by atoms with van der Waals surface area (Å²) in [5.41, 5.74) is 8.51. The Hall–Kier alpha value is -1.26. The van der Waals surface area contributed by atoms with E-state index >= 15 is 0 Å². The largest absolute Gasteiger partial charge is 0.493 e. The van der Waals surface area contributed by atoms with E-state index in [1.807, 2.05) is 6.92 Å². The standard InChI is InChI=1S/C18H30N4O3.HI/c1-13(12-23-2)21-18(19)20-6-8-22-7-5-14-9-16(24-3)17(25-4)10-15(14)11-22;/h9-10,13H,5-8,11-12H2,1-4H3,(H3,19,20,21);1H. The number of nitrogens with one attached hydrogen (secondary N) is 1. The molecule has 0 spiro atoms. The average Bonchev–Trinajstić information content (AvgIpc) is 2.60. The zero-order valence-corrected chi connectivity index (χ0v) is 18.4. The van der Waals surface area contributed by atoms with Gasteiger partial charge in [-0.2, -0.15) is 0 Å². The Labute approximate surface area is 173 Å². The van der Waals surface area contributed by atoms with Crippen LogP contribution < -0.4 is 20.5 Å². The summed E-state index contributed by atoms with van der Waals surface area (Å²) in [5.74, 6) is 2.04. The number of benzene rings is 1. The molecule has 26 heavy (non-hydrogen) atoms. The number of halogens is 1. The molecule has 0 aromatic heterocycles. The Kier molecular flexibility index (Phi) is 10.0. The van der Waals surface area contributed by atoms with Crippen LogP contribution in [-0.4, -0.2) is 64.5 Å². The minimum absolute atomic E-state index is 0. The number of hydrogen-bond donors (Lipinski definition) is 2. The Balaban J connectivity index is 0.00000338. The molecule has 0 radical (unpaired) electrons. The van der Waals surface area contributed by atoms with Gasteiger partial charge in [0.25, 0.3) is 0 Å². The van der Waals surface area contributed by atoms with Gasteiger partial charge >= 0.3 is 0 Å². The molecule has 0 saturated heterocycles. The highest BCUT2D eigenvalue weighted by atomic mass is 127. The fourth-order valence-corrected chi connectivity index (χ4v) is 3.03. The number of guanidine groups is 1. The lowest BCUT2D eigenvalue weighted by molar-refractivity contribution is 0.179. The van der Waals surface area contributed by atoms with Crippen LogP contribution >= 0.6 is 24.0 Å². The van der Waals surface area contributed by atoms with E-state index in [1.54, 1.807) is 21.3 Å². The summed E-state index contributed by atoms with van der Waals surface area (Å²) in [7, 11) is 5.01. The highest BCUT2D eigenvalue weighted by molar-refractivity contribution is 14.0. The third-order valence-electron chi connectivity index (χ3n) is 4.31. The molecule has 1 atom stereocenters. The van der Waals surface area contributed by atoms with Crippen molar-refractivity contribution in [2.24, 2.45) is 10.7 Å². The van der Waals surface area contributed by atoms with E-state index in [0.717, 1.165) is 37.6 Å². The van der Waals surface area contributed by atoms with Crippen molar-refractivity contribution in [3.05, 3.63) is 23.3 Å². The number of aliphatic imine (C=N–C) groups is 1. The van der Waals surface area contributed by atoms with Crippen LogP contribution in [0.1, 0.15) is 18.1 Å². The van der Waals surface area contributed by atoms with Crippen molar-refractivity contribution in [2.45, 2.75) is 25.9 Å². The lowest BCUT2D eigenvalue weighted by atomic mass is 9.99. The zero-order chi connectivity index (χ0) is 18.2. The molecule has 8 heteroatoms. The summed E-state index contributed by atoms with van der Waals surface area (Å²) in [6.07, 6.45) is 0.998. The van der Waals surface area contributed by atoms with Gasteiger partial charge in [-0.05, 0) is 36.6 Å². The molecule has 0 aliphatic carbocycles. The van der Waals surface area contributed by atoms with Gasteiger partial charge in [-0.1, -0.05) is 0 Å². The monoisotopic (exact) mass is 478 g/mol. The van der Waals surface area contributed by atoms with Crippen molar-refractivity contribution < 1.29 is 14.2 Å². The van der Waals surface area contributed by atoms with Crippen LogP contribution in [0.15, 0.2) is 17.1 Å². The van der Waals surface area contributed by atoms with Crippen LogP contribution in [0, 0.1) is 0 Å². The van der Waals surface area contributed by atoms with Crippen molar-refractivity contribution >= 4 is 29.9 Å². The summed E-state index contributed by atoms with van der Waals surface area (Å²) < 4.78 is 15.9. The first kappa shape index (κ1) is 22.8. The third-order valence-corrected chi connectivity index (χ3v) is 4.31. The lowest BCUT2D eigenvalue weighted by Crippen LogP contribution is -2.41. The molecular formula is C18H31IN4O3. The summed E-state index contributed by atoms with van der Waals surface area (Å²) in [4.78, 5) is 6.78. The lowest BCUT2D eigenvalue weighted by Gasteiger charge is -2.29. The number of fused-ring (bicyclic) bond motifs is 1. The molecule has 3 N–H and O–H groups in total. The van der Waals surface area contributed by atoms with Crippen molar-refractivity contribution in [1.82, 2.24) is 10.2 Å². The van der Waals surface area contributed by atoms with Crippen LogP contribution in [0.5, 0.6) is 11.5 Å². The number of nitrogens with two attached hydrogens (primary N) is 1. The highest BCUT2D eigenvalue weighted by Crippen LogP contribution is 2.33. The number of methoxy groups -OCH3 is 3. The van der Waals surface area contributed by atoms with Crippen LogP contribution in [-0.2, 0) is 17.7 Å². The predicted molar refractivity (Wildman–Crippen MR) is 115 cm³/mol. The molecule has 148 valence electrons. The number of hydrogen-bond acceptors (Lipinski definition) is 5. The Morgan fingerprint density at radius 1 is 1.23 bits per heavy atom. The molecule has 1 aromatic carbocycles. The minimum Gasteiger partial charge on any atom is -0.493 e. The first-order valence-electron chi connectivity index (χ1n) is 8.58. The second-order valence-electron chi connectivity index (χ2n) is 6.27. The summed E-state index contributed by atoms with van der Waals surface area (Å²) >= 11 is 0. The number of rotatable bonds is 8. The fourth-order valence-electron chi connectivity index (χ4n) is 3.03. The summed E-state index contributed by atoms with van der Waals surface area (Å²) in [6, 6.07) is 4.31. The Morgan fingerprint density at radius 2 is 1.88 bits per heavy atom. The van der Waals surface area contributed by atoms with E-state index in [2.05, 4.69) is 27.3 Å². The van der Waals surface area contributed by atoms with Gasteiger partial charge in [0.2, 0.25) is 0 Å².